The summed E-state index contributed by atoms with van der Waals surface area (Å²) < 4.78 is 5.46. The number of benzene rings is 2. The van der Waals surface area contributed by atoms with Gasteiger partial charge in [0, 0.05) is 48.6 Å². The number of nitro groups is 1. The number of non-ortho nitro benzene ring substituents is 1. The van der Waals surface area contributed by atoms with E-state index in [0.29, 0.717) is 6.42 Å². The Bertz CT molecular complexity index is 992. The van der Waals surface area contributed by atoms with Gasteiger partial charge in [0.05, 0.1) is 23.8 Å². The van der Waals surface area contributed by atoms with Crippen molar-refractivity contribution >= 4 is 11.4 Å². The molecule has 3 aromatic rings. The number of ether oxygens (including phenoxy) is 1. The van der Waals surface area contributed by atoms with Crippen molar-refractivity contribution in [1.82, 2.24) is 9.97 Å². The highest BCUT2D eigenvalue weighted by atomic mass is 16.6. The molecule has 1 saturated heterocycles. The van der Waals surface area contributed by atoms with E-state index in [9.17, 15) is 10.1 Å². The predicted octanol–water partition coefficient (Wildman–Crippen LogP) is 2.30. The summed E-state index contributed by atoms with van der Waals surface area (Å²) in [7, 11) is 0. The standard InChI is InChI=1S/C21H20N4O3.H4N2/c26-25(27)18-5-3-4-16(13-18)12-17-14-20(23-15-22-17)19-6-1-2-7-21(19)24-8-10-28-11-9-24;1-2/h1-7,13-15H,8-12H2;1-2H2. The van der Waals surface area contributed by atoms with Crippen molar-refractivity contribution in [3.8, 4) is 11.3 Å². The number of nitrogens with zero attached hydrogens (tertiary/aromatic N) is 4. The van der Waals surface area contributed by atoms with Crippen LogP contribution >= 0.6 is 0 Å². The second kappa shape index (κ2) is 10.4. The van der Waals surface area contributed by atoms with Crippen LogP contribution < -0.4 is 16.6 Å². The quantitative estimate of drug-likeness (QED) is 0.373. The Morgan fingerprint density at radius 2 is 1.80 bits per heavy atom. The summed E-state index contributed by atoms with van der Waals surface area (Å²) in [5.74, 6) is 8.00. The van der Waals surface area contributed by atoms with E-state index < -0.39 is 0 Å². The van der Waals surface area contributed by atoms with E-state index >= 15 is 0 Å². The van der Waals surface area contributed by atoms with Crippen LogP contribution in [0.5, 0.6) is 0 Å². The maximum atomic E-state index is 11.0. The van der Waals surface area contributed by atoms with Crippen LogP contribution in [0.4, 0.5) is 11.4 Å². The van der Waals surface area contributed by atoms with Crippen molar-refractivity contribution in [3.05, 3.63) is 82.3 Å². The molecule has 0 radical (unpaired) electrons. The Balaban J connectivity index is 0.00000124. The third-order valence-corrected chi connectivity index (χ3v) is 4.76. The van der Waals surface area contributed by atoms with Crippen LogP contribution in [0.2, 0.25) is 0 Å². The van der Waals surface area contributed by atoms with Gasteiger partial charge < -0.3 is 9.64 Å². The number of hydrogen-bond donors (Lipinski definition) is 2. The second-order valence-electron chi connectivity index (χ2n) is 6.61. The molecule has 9 nitrogen and oxygen atoms in total. The molecule has 4 rings (SSSR count). The van der Waals surface area contributed by atoms with Crippen LogP contribution in [0.3, 0.4) is 0 Å². The SMILES string of the molecule is NN.O=[N+]([O-])c1cccc(Cc2cc(-c3ccccc3N3CCOCC3)ncn2)c1. The Labute approximate surface area is 174 Å². The first-order valence-electron chi connectivity index (χ1n) is 9.50. The normalized spacial score (nSPS) is 13.3. The van der Waals surface area contributed by atoms with Gasteiger partial charge in [0.15, 0.2) is 0 Å². The van der Waals surface area contributed by atoms with Crippen molar-refractivity contribution in [2.45, 2.75) is 6.42 Å². The van der Waals surface area contributed by atoms with Gasteiger partial charge in [0.2, 0.25) is 0 Å². The summed E-state index contributed by atoms with van der Waals surface area (Å²) in [5.41, 5.74) is 4.78. The molecule has 1 aliphatic heterocycles. The highest BCUT2D eigenvalue weighted by Crippen LogP contribution is 2.30. The predicted molar refractivity (Wildman–Crippen MR) is 115 cm³/mol. The lowest BCUT2D eigenvalue weighted by atomic mass is 10.0. The number of morpholine rings is 1. The van der Waals surface area contributed by atoms with Crippen molar-refractivity contribution in [3.63, 3.8) is 0 Å². The van der Waals surface area contributed by atoms with Crippen molar-refractivity contribution in [2.75, 3.05) is 31.2 Å². The zero-order valence-corrected chi connectivity index (χ0v) is 16.5. The fourth-order valence-electron chi connectivity index (χ4n) is 3.40. The zero-order valence-electron chi connectivity index (χ0n) is 16.5. The number of rotatable bonds is 5. The van der Waals surface area contributed by atoms with E-state index in [2.05, 4.69) is 38.7 Å². The molecule has 2 aromatic carbocycles. The van der Waals surface area contributed by atoms with Crippen LogP contribution in [0.1, 0.15) is 11.3 Å². The average molecular weight is 408 g/mol. The van der Waals surface area contributed by atoms with Gasteiger partial charge in [-0.1, -0.05) is 30.3 Å². The number of para-hydroxylation sites is 1. The molecule has 1 aromatic heterocycles. The summed E-state index contributed by atoms with van der Waals surface area (Å²) in [5, 5.41) is 11.0. The summed E-state index contributed by atoms with van der Waals surface area (Å²) in [6.45, 7) is 3.14. The third kappa shape index (κ3) is 5.15. The summed E-state index contributed by atoms with van der Waals surface area (Å²) in [6, 6.07) is 16.8. The summed E-state index contributed by atoms with van der Waals surface area (Å²) in [4.78, 5) is 21.8. The van der Waals surface area contributed by atoms with Crippen molar-refractivity contribution in [2.24, 2.45) is 11.7 Å². The van der Waals surface area contributed by atoms with Crippen LogP contribution in [-0.2, 0) is 11.2 Å². The smallest absolute Gasteiger partial charge is 0.269 e. The van der Waals surface area contributed by atoms with Gasteiger partial charge in [-0.25, -0.2) is 9.97 Å². The molecule has 4 N–H and O–H groups in total. The van der Waals surface area contributed by atoms with Crippen molar-refractivity contribution < 1.29 is 9.66 Å². The first-order chi connectivity index (χ1) is 14.7. The number of nitrogens with two attached hydrogens (primary N) is 2. The fourth-order valence-corrected chi connectivity index (χ4v) is 3.40. The van der Waals surface area contributed by atoms with Crippen LogP contribution in [0, 0.1) is 10.1 Å². The molecule has 0 atom stereocenters. The average Bonchev–Trinajstić information content (AvgIpc) is 2.81. The van der Waals surface area contributed by atoms with Crippen LogP contribution in [0.25, 0.3) is 11.3 Å². The highest BCUT2D eigenvalue weighted by molar-refractivity contribution is 5.76. The number of nitro benzene ring substituents is 1. The Morgan fingerprint density at radius 1 is 1.03 bits per heavy atom. The van der Waals surface area contributed by atoms with Gasteiger partial charge in [-0.3, -0.25) is 21.8 Å². The summed E-state index contributed by atoms with van der Waals surface area (Å²) in [6.07, 6.45) is 2.06. The number of hydrazine groups is 1. The van der Waals surface area contributed by atoms with E-state index in [-0.39, 0.29) is 10.6 Å². The molecule has 0 bridgehead atoms. The van der Waals surface area contributed by atoms with Crippen LogP contribution in [-0.4, -0.2) is 41.2 Å². The number of anilines is 1. The molecule has 9 heteroatoms. The van der Waals surface area contributed by atoms with E-state index in [1.54, 1.807) is 18.5 Å². The van der Waals surface area contributed by atoms with E-state index in [1.807, 2.05) is 24.3 Å². The van der Waals surface area contributed by atoms with E-state index in [1.165, 1.54) is 6.07 Å². The topological polar surface area (TPSA) is 133 Å². The molecule has 1 fully saturated rings. The van der Waals surface area contributed by atoms with Gasteiger partial charge in [-0.15, -0.1) is 0 Å². The number of aromatic nitrogens is 2. The lowest BCUT2D eigenvalue weighted by molar-refractivity contribution is -0.384. The molecular weight excluding hydrogens is 384 g/mol. The van der Waals surface area contributed by atoms with Crippen LogP contribution in [0.15, 0.2) is 60.9 Å². The van der Waals surface area contributed by atoms with Gasteiger partial charge in [0.1, 0.15) is 6.33 Å². The Morgan fingerprint density at radius 3 is 2.57 bits per heavy atom. The third-order valence-electron chi connectivity index (χ3n) is 4.76. The van der Waals surface area contributed by atoms with Gasteiger partial charge in [-0.2, -0.15) is 0 Å². The minimum Gasteiger partial charge on any atom is -0.378 e. The monoisotopic (exact) mass is 408 g/mol. The van der Waals surface area contributed by atoms with E-state index in [4.69, 9.17) is 4.74 Å². The summed E-state index contributed by atoms with van der Waals surface area (Å²) >= 11 is 0. The lowest BCUT2D eigenvalue weighted by Crippen LogP contribution is -2.36. The minimum absolute atomic E-state index is 0.0874. The first-order valence-corrected chi connectivity index (χ1v) is 9.50. The largest absolute Gasteiger partial charge is 0.378 e. The zero-order chi connectivity index (χ0) is 21.3. The Hall–Kier alpha value is -3.40. The molecule has 0 spiro atoms. The fraction of sp³-hybridized carbons (Fsp3) is 0.238. The molecule has 0 unspecified atom stereocenters. The van der Waals surface area contributed by atoms with Crippen molar-refractivity contribution in [1.29, 1.82) is 0 Å². The van der Waals surface area contributed by atoms with Gasteiger partial charge in [0.25, 0.3) is 5.69 Å². The molecule has 0 amide bonds. The highest BCUT2D eigenvalue weighted by Gasteiger charge is 2.16. The lowest BCUT2D eigenvalue weighted by Gasteiger charge is -2.30. The molecule has 156 valence electrons. The minimum atomic E-state index is -0.381. The Kier molecular flexibility index (Phi) is 7.39. The van der Waals surface area contributed by atoms with Gasteiger partial charge >= 0.3 is 0 Å². The molecule has 0 saturated carbocycles. The second-order valence-corrected chi connectivity index (χ2v) is 6.61. The first kappa shape index (κ1) is 21.3. The van der Waals surface area contributed by atoms with E-state index in [0.717, 1.165) is 54.5 Å². The molecule has 2 heterocycles. The maximum Gasteiger partial charge on any atom is 0.269 e. The maximum absolute atomic E-state index is 11.0. The molecular formula is C21H24N6O3. The van der Waals surface area contributed by atoms with Gasteiger partial charge in [-0.05, 0) is 17.7 Å². The number of hydrogen-bond acceptors (Lipinski definition) is 8. The molecule has 1 aliphatic rings. The molecule has 0 aliphatic carbocycles. The molecule has 30 heavy (non-hydrogen) atoms.